The number of nitrogens with zero attached hydrogens (tertiary/aromatic N) is 2. The van der Waals surface area contributed by atoms with E-state index < -0.39 is 28.5 Å². The van der Waals surface area contributed by atoms with Gasteiger partial charge >= 0.3 is 0 Å². The molecule has 0 fully saturated rings. The van der Waals surface area contributed by atoms with Crippen LogP contribution in [0, 0.1) is 6.92 Å². The first kappa shape index (κ1) is 32.0. The smallest absolute Gasteiger partial charge is 0.264 e. The molecule has 0 saturated heterocycles. The number of rotatable bonds is 13. The summed E-state index contributed by atoms with van der Waals surface area (Å²) in [6.07, 6.45) is 1.07. The van der Waals surface area contributed by atoms with Crippen LogP contribution in [-0.4, -0.2) is 50.9 Å². The number of methoxy groups -OCH3 is 1. The molecule has 0 spiro atoms. The maximum Gasteiger partial charge on any atom is 0.264 e. The number of ether oxygens (including phenoxy) is 1. The second-order valence-corrected chi connectivity index (χ2v) is 12.2. The van der Waals surface area contributed by atoms with Crippen LogP contribution in [0.25, 0.3) is 0 Å². The lowest BCUT2D eigenvalue weighted by molar-refractivity contribution is -0.140. The Kier molecular flexibility index (Phi) is 11.2. The van der Waals surface area contributed by atoms with Crippen molar-refractivity contribution >= 4 is 39.1 Å². The minimum Gasteiger partial charge on any atom is -0.495 e. The van der Waals surface area contributed by atoms with E-state index in [1.807, 2.05) is 58.0 Å². The Morgan fingerprint density at radius 2 is 1.63 bits per heavy atom. The quantitative estimate of drug-likeness (QED) is 0.277. The van der Waals surface area contributed by atoms with E-state index in [1.54, 1.807) is 24.3 Å². The summed E-state index contributed by atoms with van der Waals surface area (Å²) in [5.74, 6) is -0.605. The molecule has 8 nitrogen and oxygen atoms in total. The van der Waals surface area contributed by atoms with Gasteiger partial charge < -0.3 is 15.0 Å². The molecule has 3 aromatic carbocycles. The zero-order valence-electron chi connectivity index (χ0n) is 24.1. The molecule has 0 aliphatic rings. The van der Waals surface area contributed by atoms with E-state index in [-0.39, 0.29) is 39.8 Å². The molecule has 10 heteroatoms. The van der Waals surface area contributed by atoms with Gasteiger partial charge in [0.05, 0.1) is 17.7 Å². The van der Waals surface area contributed by atoms with Crippen LogP contribution in [0.3, 0.4) is 0 Å². The molecule has 220 valence electrons. The van der Waals surface area contributed by atoms with E-state index in [1.165, 1.54) is 30.2 Å². The number of carbonyl (C=O) groups excluding carboxylic acids is 2. The van der Waals surface area contributed by atoms with Gasteiger partial charge in [-0.2, -0.15) is 0 Å². The number of hydrogen-bond donors (Lipinski definition) is 1. The lowest BCUT2D eigenvalue weighted by atomic mass is 10.1. The van der Waals surface area contributed by atoms with Crippen molar-refractivity contribution in [1.82, 2.24) is 10.2 Å². The number of amides is 2. The monoisotopic (exact) mass is 599 g/mol. The second-order valence-electron chi connectivity index (χ2n) is 9.89. The Hall–Kier alpha value is -3.56. The predicted octanol–water partition coefficient (Wildman–Crippen LogP) is 5.57. The van der Waals surface area contributed by atoms with E-state index in [0.717, 1.165) is 21.9 Å². The SMILES string of the molecule is CCC(C)NC(=O)C(CC)N(Cc1ccccc1)C(=O)CN(c1cc(Cl)ccc1OC)S(=O)(=O)c1ccc(C)cc1. The molecule has 2 atom stereocenters. The van der Waals surface area contributed by atoms with Gasteiger partial charge in [-0.05, 0) is 62.6 Å². The van der Waals surface area contributed by atoms with Gasteiger partial charge in [0, 0.05) is 17.6 Å². The average molecular weight is 600 g/mol. The van der Waals surface area contributed by atoms with Crippen LogP contribution in [0.4, 0.5) is 5.69 Å². The highest BCUT2D eigenvalue weighted by atomic mass is 35.5. The summed E-state index contributed by atoms with van der Waals surface area (Å²) in [6.45, 7) is 7.09. The minimum absolute atomic E-state index is 0.00842. The summed E-state index contributed by atoms with van der Waals surface area (Å²) in [4.78, 5) is 29.0. The van der Waals surface area contributed by atoms with Gasteiger partial charge in [-0.3, -0.25) is 13.9 Å². The number of sulfonamides is 1. The van der Waals surface area contributed by atoms with Gasteiger partial charge in [-0.25, -0.2) is 8.42 Å². The highest BCUT2D eigenvalue weighted by Crippen LogP contribution is 2.35. The molecule has 2 amide bonds. The molecule has 0 bridgehead atoms. The van der Waals surface area contributed by atoms with Gasteiger partial charge in [0.2, 0.25) is 11.8 Å². The van der Waals surface area contributed by atoms with Crippen molar-refractivity contribution in [2.75, 3.05) is 18.0 Å². The fourth-order valence-corrected chi connectivity index (χ4v) is 5.93. The highest BCUT2D eigenvalue weighted by Gasteiger charge is 2.35. The fourth-order valence-electron chi connectivity index (χ4n) is 4.35. The van der Waals surface area contributed by atoms with Crippen molar-refractivity contribution in [2.45, 2.75) is 64.1 Å². The van der Waals surface area contributed by atoms with Crippen LogP contribution in [0.15, 0.2) is 77.7 Å². The number of halogens is 1. The first-order valence-electron chi connectivity index (χ1n) is 13.6. The van der Waals surface area contributed by atoms with E-state index in [9.17, 15) is 18.0 Å². The normalized spacial score (nSPS) is 12.7. The molecular formula is C31H38ClN3O5S. The van der Waals surface area contributed by atoms with Crippen LogP contribution >= 0.6 is 11.6 Å². The average Bonchev–Trinajstić information content (AvgIpc) is 2.96. The van der Waals surface area contributed by atoms with Gasteiger partial charge in [0.25, 0.3) is 10.0 Å². The molecule has 3 rings (SSSR count). The largest absolute Gasteiger partial charge is 0.495 e. The number of benzene rings is 3. The van der Waals surface area contributed by atoms with Gasteiger partial charge in [-0.15, -0.1) is 0 Å². The van der Waals surface area contributed by atoms with Gasteiger partial charge in [0.1, 0.15) is 18.3 Å². The van der Waals surface area contributed by atoms with Crippen LogP contribution in [0.5, 0.6) is 5.75 Å². The molecule has 0 saturated carbocycles. The first-order chi connectivity index (χ1) is 19.5. The Bertz CT molecular complexity index is 1430. The summed E-state index contributed by atoms with van der Waals surface area (Å²) < 4.78 is 34.6. The topological polar surface area (TPSA) is 96.0 Å². The van der Waals surface area contributed by atoms with Crippen molar-refractivity contribution in [3.8, 4) is 5.75 Å². The third-order valence-electron chi connectivity index (χ3n) is 6.88. The molecule has 0 aliphatic heterocycles. The van der Waals surface area contributed by atoms with Crippen LogP contribution in [0.1, 0.15) is 44.7 Å². The fraction of sp³-hybridized carbons (Fsp3) is 0.355. The Morgan fingerprint density at radius 3 is 2.22 bits per heavy atom. The van der Waals surface area contributed by atoms with Gasteiger partial charge in [0.15, 0.2) is 0 Å². The maximum atomic E-state index is 14.2. The lowest BCUT2D eigenvalue weighted by Crippen LogP contribution is -2.53. The zero-order chi connectivity index (χ0) is 30.2. The second kappa shape index (κ2) is 14.4. The lowest BCUT2D eigenvalue weighted by Gasteiger charge is -2.34. The molecule has 0 aromatic heterocycles. The van der Waals surface area contributed by atoms with Crippen molar-refractivity contribution in [1.29, 1.82) is 0 Å². The van der Waals surface area contributed by atoms with Crippen LogP contribution in [0.2, 0.25) is 5.02 Å². The first-order valence-corrected chi connectivity index (χ1v) is 15.4. The van der Waals surface area contributed by atoms with Crippen molar-refractivity contribution in [3.63, 3.8) is 0 Å². The van der Waals surface area contributed by atoms with Crippen molar-refractivity contribution in [2.24, 2.45) is 0 Å². The van der Waals surface area contributed by atoms with E-state index >= 15 is 0 Å². The van der Waals surface area contributed by atoms with E-state index in [2.05, 4.69) is 5.32 Å². The zero-order valence-corrected chi connectivity index (χ0v) is 25.7. The Morgan fingerprint density at radius 1 is 0.976 bits per heavy atom. The summed E-state index contributed by atoms with van der Waals surface area (Å²) >= 11 is 6.29. The summed E-state index contributed by atoms with van der Waals surface area (Å²) in [5.41, 5.74) is 1.81. The summed E-state index contributed by atoms with van der Waals surface area (Å²) in [7, 11) is -2.83. The molecule has 0 aliphatic carbocycles. The number of carbonyl (C=O) groups is 2. The summed E-state index contributed by atoms with van der Waals surface area (Å²) in [5, 5.41) is 3.25. The standard InChI is InChI=1S/C31H38ClN3O5S/c1-6-23(4)33-31(37)27(7-2)34(20-24-11-9-8-10-12-24)30(36)21-35(28-19-25(32)15-18-29(28)40-5)41(38,39)26-16-13-22(3)14-17-26/h8-19,23,27H,6-7,20-21H2,1-5H3,(H,33,37). The van der Waals surface area contributed by atoms with Crippen LogP contribution in [-0.2, 0) is 26.2 Å². The number of anilines is 1. The predicted molar refractivity (Wildman–Crippen MR) is 163 cm³/mol. The number of aryl methyl sites for hydroxylation is 1. The maximum absolute atomic E-state index is 14.2. The Balaban J connectivity index is 2.11. The van der Waals surface area contributed by atoms with E-state index in [4.69, 9.17) is 16.3 Å². The molecule has 41 heavy (non-hydrogen) atoms. The molecule has 3 aromatic rings. The Labute approximate surface area is 248 Å². The van der Waals surface area contributed by atoms with Crippen LogP contribution < -0.4 is 14.4 Å². The minimum atomic E-state index is -4.25. The molecule has 0 radical (unpaired) electrons. The third kappa shape index (κ3) is 8.01. The third-order valence-corrected chi connectivity index (χ3v) is 8.89. The molecular weight excluding hydrogens is 562 g/mol. The summed E-state index contributed by atoms with van der Waals surface area (Å²) in [6, 6.07) is 19.3. The van der Waals surface area contributed by atoms with Gasteiger partial charge in [-0.1, -0.05) is 73.5 Å². The molecule has 1 N–H and O–H groups in total. The van der Waals surface area contributed by atoms with Crippen molar-refractivity contribution in [3.05, 3.63) is 88.9 Å². The molecule has 2 unspecified atom stereocenters. The number of nitrogens with one attached hydrogen (secondary N) is 1. The highest BCUT2D eigenvalue weighted by molar-refractivity contribution is 7.92. The van der Waals surface area contributed by atoms with Crippen molar-refractivity contribution < 1.29 is 22.7 Å². The van der Waals surface area contributed by atoms with E-state index in [0.29, 0.717) is 6.42 Å². The number of hydrogen-bond acceptors (Lipinski definition) is 5. The molecule has 0 heterocycles.